The molecule has 0 spiro atoms. The van der Waals surface area contributed by atoms with Gasteiger partial charge in [-0.3, -0.25) is 9.67 Å². The Hall–Kier alpha value is -2.51. The molecule has 7 heteroatoms. The molecule has 0 aliphatic rings. The maximum atomic E-state index is 13.0. The molecular formula is C20H24N4O2S. The van der Waals surface area contributed by atoms with Crippen LogP contribution in [-0.4, -0.2) is 23.2 Å². The minimum absolute atomic E-state index is 0.184. The highest BCUT2D eigenvalue weighted by Crippen LogP contribution is 2.28. The Bertz CT molecular complexity index is 991. The van der Waals surface area contributed by atoms with Crippen molar-refractivity contribution in [1.29, 1.82) is 0 Å². The Morgan fingerprint density at radius 1 is 1.04 bits per heavy atom. The number of hydrogen-bond donors (Lipinski definition) is 1. The molecule has 0 aliphatic carbocycles. The van der Waals surface area contributed by atoms with E-state index >= 15 is 0 Å². The summed E-state index contributed by atoms with van der Waals surface area (Å²) in [5.74, 6) is 0. The van der Waals surface area contributed by atoms with Gasteiger partial charge < -0.3 is 0 Å². The summed E-state index contributed by atoms with van der Waals surface area (Å²) in [7, 11) is -3.70. The van der Waals surface area contributed by atoms with Crippen LogP contribution in [0.25, 0.3) is 0 Å². The summed E-state index contributed by atoms with van der Waals surface area (Å²) in [6.07, 6.45) is 4.91. The second-order valence-electron chi connectivity index (χ2n) is 7.46. The molecule has 0 atom stereocenters. The molecule has 2 aromatic heterocycles. The van der Waals surface area contributed by atoms with E-state index in [4.69, 9.17) is 0 Å². The van der Waals surface area contributed by atoms with Gasteiger partial charge in [-0.2, -0.15) is 5.10 Å². The standard InChI is InChI=1S/C20H24N4O2S/c1-20(2,3)19-18(15-24(23-19)14-16-8-5-4-6-9-16)27(25,26)22-13-17-10-7-11-21-12-17/h4-12,15,22H,13-14H2,1-3H3. The molecule has 1 N–H and O–H groups in total. The first-order valence-electron chi connectivity index (χ1n) is 8.76. The SMILES string of the molecule is CC(C)(C)c1nn(Cc2ccccc2)cc1S(=O)(=O)NCc1cccnc1. The maximum Gasteiger partial charge on any atom is 0.244 e. The molecule has 0 aliphatic heterocycles. The van der Waals surface area contributed by atoms with Crippen LogP contribution in [0.2, 0.25) is 0 Å². The van der Waals surface area contributed by atoms with E-state index in [0.717, 1.165) is 11.1 Å². The third-order valence-electron chi connectivity index (χ3n) is 4.10. The molecule has 142 valence electrons. The Kier molecular flexibility index (Phi) is 5.43. The highest BCUT2D eigenvalue weighted by atomic mass is 32.2. The summed E-state index contributed by atoms with van der Waals surface area (Å²) < 4.78 is 30.3. The van der Waals surface area contributed by atoms with Crippen LogP contribution in [0, 0.1) is 0 Å². The second-order valence-corrected chi connectivity index (χ2v) is 9.20. The molecular weight excluding hydrogens is 360 g/mol. The van der Waals surface area contributed by atoms with Crippen molar-refractivity contribution in [1.82, 2.24) is 19.5 Å². The second kappa shape index (κ2) is 7.62. The summed E-state index contributed by atoms with van der Waals surface area (Å²) in [6.45, 7) is 6.58. The summed E-state index contributed by atoms with van der Waals surface area (Å²) >= 11 is 0. The van der Waals surface area contributed by atoms with Crippen LogP contribution >= 0.6 is 0 Å². The van der Waals surface area contributed by atoms with E-state index in [1.807, 2.05) is 57.2 Å². The van der Waals surface area contributed by atoms with E-state index < -0.39 is 15.4 Å². The van der Waals surface area contributed by atoms with Crippen molar-refractivity contribution in [2.45, 2.75) is 44.2 Å². The highest BCUT2D eigenvalue weighted by Gasteiger charge is 2.29. The van der Waals surface area contributed by atoms with E-state index in [0.29, 0.717) is 12.2 Å². The first-order valence-corrected chi connectivity index (χ1v) is 10.2. The lowest BCUT2D eigenvalue weighted by atomic mass is 9.92. The molecule has 1 aromatic carbocycles. The molecule has 3 aromatic rings. The van der Waals surface area contributed by atoms with Crippen LogP contribution in [0.15, 0.2) is 66.0 Å². The molecule has 2 heterocycles. The van der Waals surface area contributed by atoms with Gasteiger partial charge in [-0.25, -0.2) is 13.1 Å². The molecule has 0 amide bonds. The number of nitrogens with one attached hydrogen (secondary N) is 1. The molecule has 0 radical (unpaired) electrons. The zero-order valence-corrected chi connectivity index (χ0v) is 16.6. The normalized spacial score (nSPS) is 12.3. The van der Waals surface area contributed by atoms with Gasteiger partial charge in [0.05, 0.1) is 12.2 Å². The first-order chi connectivity index (χ1) is 12.8. The lowest BCUT2D eigenvalue weighted by Crippen LogP contribution is -2.26. The van der Waals surface area contributed by atoms with Crippen molar-refractivity contribution in [3.63, 3.8) is 0 Å². The van der Waals surface area contributed by atoms with E-state index in [2.05, 4.69) is 14.8 Å². The van der Waals surface area contributed by atoms with Crippen LogP contribution < -0.4 is 4.72 Å². The Morgan fingerprint density at radius 2 is 1.74 bits per heavy atom. The van der Waals surface area contributed by atoms with Gasteiger partial charge in [-0.1, -0.05) is 57.2 Å². The number of pyridine rings is 1. The van der Waals surface area contributed by atoms with Crippen molar-refractivity contribution >= 4 is 10.0 Å². The van der Waals surface area contributed by atoms with Gasteiger partial charge in [0.1, 0.15) is 4.90 Å². The average molecular weight is 385 g/mol. The van der Waals surface area contributed by atoms with Gasteiger partial charge in [0, 0.05) is 30.6 Å². The monoisotopic (exact) mass is 384 g/mol. The van der Waals surface area contributed by atoms with E-state index in [-0.39, 0.29) is 11.4 Å². The summed E-state index contributed by atoms with van der Waals surface area (Å²) in [4.78, 5) is 4.23. The number of hydrogen-bond acceptors (Lipinski definition) is 4. The Balaban J connectivity index is 1.90. The Morgan fingerprint density at radius 3 is 2.37 bits per heavy atom. The fourth-order valence-electron chi connectivity index (χ4n) is 2.73. The number of nitrogens with zero attached hydrogens (tertiary/aromatic N) is 3. The van der Waals surface area contributed by atoms with Gasteiger partial charge >= 0.3 is 0 Å². The predicted molar refractivity (Wildman–Crippen MR) is 105 cm³/mol. The zero-order chi connectivity index (χ0) is 19.5. The fraction of sp³-hybridized carbons (Fsp3) is 0.300. The number of sulfonamides is 1. The lowest BCUT2D eigenvalue weighted by Gasteiger charge is -2.17. The third kappa shape index (κ3) is 4.81. The average Bonchev–Trinajstić information content (AvgIpc) is 3.07. The Labute approximate surface area is 160 Å². The smallest absolute Gasteiger partial charge is 0.244 e. The third-order valence-corrected chi connectivity index (χ3v) is 5.51. The zero-order valence-electron chi connectivity index (χ0n) is 15.8. The summed E-state index contributed by atoms with van der Waals surface area (Å²) in [6, 6.07) is 13.5. The quantitative estimate of drug-likeness (QED) is 0.708. The van der Waals surface area contributed by atoms with Crippen LogP contribution in [0.5, 0.6) is 0 Å². The van der Waals surface area contributed by atoms with Crippen molar-refractivity contribution in [2.24, 2.45) is 0 Å². The van der Waals surface area contributed by atoms with E-state index in [1.165, 1.54) is 0 Å². The van der Waals surface area contributed by atoms with Crippen molar-refractivity contribution in [3.05, 3.63) is 77.9 Å². The molecule has 0 bridgehead atoms. The summed E-state index contributed by atoms with van der Waals surface area (Å²) in [5.41, 5.74) is 2.01. The molecule has 0 saturated carbocycles. The minimum atomic E-state index is -3.70. The minimum Gasteiger partial charge on any atom is -0.267 e. The van der Waals surface area contributed by atoms with Crippen LogP contribution in [0.3, 0.4) is 0 Å². The van der Waals surface area contributed by atoms with Gasteiger partial charge in [-0.15, -0.1) is 0 Å². The maximum absolute atomic E-state index is 13.0. The first kappa shape index (κ1) is 19.3. The lowest BCUT2D eigenvalue weighted by molar-refractivity contribution is 0.531. The molecule has 3 rings (SSSR count). The van der Waals surface area contributed by atoms with Crippen LogP contribution in [-0.2, 0) is 28.5 Å². The van der Waals surface area contributed by atoms with Crippen molar-refractivity contribution in [2.75, 3.05) is 0 Å². The van der Waals surface area contributed by atoms with Gasteiger partial charge in [0.25, 0.3) is 0 Å². The van der Waals surface area contributed by atoms with E-state index in [9.17, 15) is 8.42 Å². The van der Waals surface area contributed by atoms with Gasteiger partial charge in [0.2, 0.25) is 10.0 Å². The molecule has 27 heavy (non-hydrogen) atoms. The highest BCUT2D eigenvalue weighted by molar-refractivity contribution is 7.89. The number of rotatable bonds is 6. The molecule has 0 saturated heterocycles. The number of benzene rings is 1. The van der Waals surface area contributed by atoms with Gasteiger partial charge in [-0.05, 0) is 17.2 Å². The fourth-order valence-corrected chi connectivity index (χ4v) is 4.10. The largest absolute Gasteiger partial charge is 0.267 e. The van der Waals surface area contributed by atoms with Crippen LogP contribution in [0.4, 0.5) is 0 Å². The molecule has 0 unspecified atom stereocenters. The van der Waals surface area contributed by atoms with Crippen LogP contribution in [0.1, 0.15) is 37.6 Å². The predicted octanol–water partition coefficient (Wildman–Crippen LogP) is 3.10. The van der Waals surface area contributed by atoms with Gasteiger partial charge in [0.15, 0.2) is 0 Å². The molecule has 6 nitrogen and oxygen atoms in total. The summed E-state index contributed by atoms with van der Waals surface area (Å²) in [5, 5.41) is 4.58. The van der Waals surface area contributed by atoms with Crippen molar-refractivity contribution in [3.8, 4) is 0 Å². The van der Waals surface area contributed by atoms with E-state index in [1.54, 1.807) is 29.3 Å². The molecule has 0 fully saturated rings. The van der Waals surface area contributed by atoms with Crippen molar-refractivity contribution < 1.29 is 8.42 Å². The topological polar surface area (TPSA) is 76.9 Å². The number of aromatic nitrogens is 3.